The fraction of sp³-hybridized carbons (Fsp3) is 0.562. The molecule has 120 valence electrons. The van der Waals surface area contributed by atoms with Gasteiger partial charge in [-0.15, -0.1) is 11.8 Å². The molecule has 1 aromatic carbocycles. The molecule has 22 heavy (non-hydrogen) atoms. The van der Waals surface area contributed by atoms with E-state index in [1.165, 1.54) is 16.0 Å². The van der Waals surface area contributed by atoms with E-state index in [2.05, 4.69) is 24.5 Å². The molecule has 0 unspecified atom stereocenters. The quantitative estimate of drug-likeness (QED) is 0.792. The lowest BCUT2D eigenvalue weighted by atomic mass is 9.98. The van der Waals surface area contributed by atoms with Crippen molar-refractivity contribution < 1.29 is 13.2 Å². The van der Waals surface area contributed by atoms with Crippen LogP contribution in [-0.4, -0.2) is 43.5 Å². The van der Waals surface area contributed by atoms with Gasteiger partial charge in [0.15, 0.2) is 9.84 Å². The van der Waals surface area contributed by atoms with Crippen LogP contribution < -0.4 is 0 Å². The van der Waals surface area contributed by atoms with Crippen LogP contribution in [0.2, 0.25) is 0 Å². The van der Waals surface area contributed by atoms with Crippen molar-refractivity contribution in [1.29, 1.82) is 0 Å². The van der Waals surface area contributed by atoms with E-state index in [0.717, 1.165) is 13.0 Å². The van der Waals surface area contributed by atoms with Gasteiger partial charge >= 0.3 is 0 Å². The maximum absolute atomic E-state index is 12.4. The molecule has 3 rings (SSSR count). The zero-order chi connectivity index (χ0) is 15.7. The second-order valence-corrected chi connectivity index (χ2v) is 9.28. The van der Waals surface area contributed by atoms with Crippen LogP contribution in [0.3, 0.4) is 0 Å². The molecule has 0 spiro atoms. The lowest BCUT2D eigenvalue weighted by Gasteiger charge is -2.30. The highest BCUT2D eigenvalue weighted by Gasteiger charge is 2.31. The highest BCUT2D eigenvalue weighted by Crippen LogP contribution is 2.27. The van der Waals surface area contributed by atoms with Gasteiger partial charge in [0.2, 0.25) is 5.91 Å². The number of nitrogens with zero attached hydrogens (tertiary/aromatic N) is 1. The number of benzene rings is 1. The molecule has 6 heteroatoms. The van der Waals surface area contributed by atoms with Crippen LogP contribution in [-0.2, 0) is 27.6 Å². The Balaban J connectivity index is 1.63. The molecular weight excluding hydrogens is 318 g/mol. The summed E-state index contributed by atoms with van der Waals surface area (Å²) in [6, 6.07) is 6.42. The van der Waals surface area contributed by atoms with Crippen molar-refractivity contribution in [2.75, 3.05) is 24.3 Å². The minimum absolute atomic E-state index is 0.0118. The first-order valence-electron chi connectivity index (χ1n) is 7.61. The molecule has 0 saturated carbocycles. The van der Waals surface area contributed by atoms with Crippen LogP contribution in [0.25, 0.3) is 0 Å². The number of rotatable bonds is 3. The van der Waals surface area contributed by atoms with Gasteiger partial charge in [0.25, 0.3) is 0 Å². The van der Waals surface area contributed by atoms with Crippen LogP contribution in [0.4, 0.5) is 0 Å². The summed E-state index contributed by atoms with van der Waals surface area (Å²) in [5.74, 6) is 0.533. The van der Waals surface area contributed by atoms with E-state index in [9.17, 15) is 13.2 Å². The van der Waals surface area contributed by atoms with Crippen molar-refractivity contribution in [3.05, 3.63) is 29.3 Å². The van der Waals surface area contributed by atoms with Gasteiger partial charge in [-0.05, 0) is 48.3 Å². The third-order valence-electron chi connectivity index (χ3n) is 4.57. The van der Waals surface area contributed by atoms with Crippen molar-refractivity contribution in [1.82, 2.24) is 4.90 Å². The first-order chi connectivity index (χ1) is 10.5. The van der Waals surface area contributed by atoms with E-state index >= 15 is 0 Å². The largest absolute Gasteiger partial charge is 0.338 e. The standard InChI is InChI=1S/C16H21NO3S2/c1-21-15-3-2-14-10-17(6-4-13(14)9-15)16(18)8-12-5-7-22(19,20)11-12/h2-3,9,12H,4-8,10-11H2,1H3/t12-/m0/s1. The number of fused-ring (bicyclic) bond motifs is 1. The van der Waals surface area contributed by atoms with Gasteiger partial charge in [-0.1, -0.05) is 6.07 Å². The third kappa shape index (κ3) is 3.49. The normalized spacial score (nSPS) is 23.3. The fourth-order valence-electron chi connectivity index (χ4n) is 3.28. The Bertz CT molecular complexity index is 685. The molecule has 1 atom stereocenters. The molecule has 1 amide bonds. The highest BCUT2D eigenvalue weighted by molar-refractivity contribution is 7.98. The smallest absolute Gasteiger partial charge is 0.223 e. The average Bonchev–Trinajstić information content (AvgIpc) is 2.84. The van der Waals surface area contributed by atoms with Gasteiger partial charge in [-0.3, -0.25) is 4.79 Å². The van der Waals surface area contributed by atoms with Crippen LogP contribution in [0.5, 0.6) is 0 Å². The first-order valence-corrected chi connectivity index (χ1v) is 10.7. The lowest BCUT2D eigenvalue weighted by molar-refractivity contribution is -0.132. The molecule has 0 bridgehead atoms. The van der Waals surface area contributed by atoms with Crippen LogP contribution >= 0.6 is 11.8 Å². The monoisotopic (exact) mass is 339 g/mol. The lowest BCUT2D eigenvalue weighted by Crippen LogP contribution is -2.37. The average molecular weight is 339 g/mol. The Morgan fingerprint density at radius 3 is 2.86 bits per heavy atom. The highest BCUT2D eigenvalue weighted by atomic mass is 32.2. The number of sulfone groups is 1. The van der Waals surface area contributed by atoms with Crippen molar-refractivity contribution >= 4 is 27.5 Å². The van der Waals surface area contributed by atoms with E-state index < -0.39 is 9.84 Å². The minimum atomic E-state index is -2.90. The predicted molar refractivity (Wildman–Crippen MR) is 88.7 cm³/mol. The molecule has 0 radical (unpaired) electrons. The Morgan fingerprint density at radius 2 is 2.18 bits per heavy atom. The summed E-state index contributed by atoms with van der Waals surface area (Å²) in [6.07, 6.45) is 3.96. The Morgan fingerprint density at radius 1 is 1.36 bits per heavy atom. The summed E-state index contributed by atoms with van der Waals surface area (Å²) in [4.78, 5) is 15.6. The maximum atomic E-state index is 12.4. The number of carbonyl (C=O) groups excluding carboxylic acids is 1. The second-order valence-electron chi connectivity index (χ2n) is 6.17. The number of hydrogen-bond donors (Lipinski definition) is 0. The number of hydrogen-bond acceptors (Lipinski definition) is 4. The summed E-state index contributed by atoms with van der Waals surface area (Å²) in [6.45, 7) is 1.39. The third-order valence-corrected chi connectivity index (χ3v) is 7.13. The van der Waals surface area contributed by atoms with E-state index in [4.69, 9.17) is 0 Å². The Kier molecular flexibility index (Phi) is 4.50. The fourth-order valence-corrected chi connectivity index (χ4v) is 5.60. The Labute approximate surface area is 136 Å². The minimum Gasteiger partial charge on any atom is -0.338 e. The van der Waals surface area contributed by atoms with Crippen molar-refractivity contribution in [3.63, 3.8) is 0 Å². The van der Waals surface area contributed by atoms with Gasteiger partial charge < -0.3 is 4.90 Å². The summed E-state index contributed by atoms with van der Waals surface area (Å²) in [5.41, 5.74) is 2.55. The summed E-state index contributed by atoms with van der Waals surface area (Å²) < 4.78 is 23.0. The summed E-state index contributed by atoms with van der Waals surface area (Å²) in [7, 11) is -2.90. The van der Waals surface area contributed by atoms with Crippen LogP contribution in [0.1, 0.15) is 24.0 Å². The van der Waals surface area contributed by atoms with Gasteiger partial charge in [0.05, 0.1) is 11.5 Å². The second kappa shape index (κ2) is 6.24. The van der Waals surface area contributed by atoms with E-state index in [1.54, 1.807) is 11.8 Å². The molecule has 1 saturated heterocycles. The van der Waals surface area contributed by atoms with Gasteiger partial charge in [-0.2, -0.15) is 0 Å². The zero-order valence-corrected chi connectivity index (χ0v) is 14.4. The molecule has 2 aliphatic rings. The zero-order valence-electron chi connectivity index (χ0n) is 12.7. The molecule has 0 aliphatic carbocycles. The van der Waals surface area contributed by atoms with Crippen molar-refractivity contribution in [2.24, 2.45) is 5.92 Å². The number of carbonyl (C=O) groups is 1. The number of amides is 1. The van der Waals surface area contributed by atoms with E-state index in [-0.39, 0.29) is 23.3 Å². The summed E-state index contributed by atoms with van der Waals surface area (Å²) in [5, 5.41) is 0. The molecular formula is C16H21NO3S2. The van der Waals surface area contributed by atoms with Gasteiger partial charge in [0.1, 0.15) is 0 Å². The van der Waals surface area contributed by atoms with Gasteiger partial charge in [0, 0.05) is 24.4 Å². The van der Waals surface area contributed by atoms with E-state index in [0.29, 0.717) is 19.4 Å². The summed E-state index contributed by atoms with van der Waals surface area (Å²) >= 11 is 1.73. The van der Waals surface area contributed by atoms with E-state index in [1.807, 2.05) is 4.90 Å². The van der Waals surface area contributed by atoms with Crippen LogP contribution in [0, 0.1) is 5.92 Å². The molecule has 0 aromatic heterocycles. The molecule has 1 aromatic rings. The van der Waals surface area contributed by atoms with Crippen molar-refractivity contribution in [2.45, 2.75) is 30.7 Å². The molecule has 4 nitrogen and oxygen atoms in total. The first kappa shape index (κ1) is 15.9. The van der Waals surface area contributed by atoms with Crippen molar-refractivity contribution in [3.8, 4) is 0 Å². The van der Waals surface area contributed by atoms with Crippen LogP contribution in [0.15, 0.2) is 23.1 Å². The molecule has 2 heterocycles. The Hall–Kier alpha value is -1.01. The molecule has 1 fully saturated rings. The predicted octanol–water partition coefficient (Wildman–Crippen LogP) is 2.12. The SMILES string of the molecule is CSc1ccc2c(c1)CCN(C(=O)C[C@@H]1CCS(=O)(=O)C1)C2. The topological polar surface area (TPSA) is 54.5 Å². The van der Waals surface area contributed by atoms with Gasteiger partial charge in [-0.25, -0.2) is 8.42 Å². The molecule has 0 N–H and O–H groups in total. The maximum Gasteiger partial charge on any atom is 0.223 e. The molecule has 2 aliphatic heterocycles. The number of thioether (sulfide) groups is 1.